The number of aromatic nitrogens is 2. The number of nitrogens with zero attached hydrogens (tertiary/aromatic N) is 3. The van der Waals surface area contributed by atoms with E-state index in [4.69, 9.17) is 13.7 Å². The molecule has 0 radical (unpaired) electrons. The fourth-order valence-electron chi connectivity index (χ4n) is 3.57. The SMILES string of the molecule is O=C(c1cc(-c2ccccc2)on1)N1CCc2oc(C3CCOC3)nc2C1. The number of ether oxygens (including phenoxy) is 1. The molecule has 0 bridgehead atoms. The van der Waals surface area contributed by atoms with E-state index in [1.54, 1.807) is 11.0 Å². The quantitative estimate of drug-likeness (QED) is 0.710. The summed E-state index contributed by atoms with van der Waals surface area (Å²) in [7, 11) is 0. The zero-order valence-corrected chi connectivity index (χ0v) is 14.8. The average molecular weight is 365 g/mol. The summed E-state index contributed by atoms with van der Waals surface area (Å²) in [6.07, 6.45) is 1.59. The second kappa shape index (κ2) is 6.66. The van der Waals surface area contributed by atoms with E-state index in [0.29, 0.717) is 37.6 Å². The predicted molar refractivity (Wildman–Crippen MR) is 95.1 cm³/mol. The highest BCUT2D eigenvalue weighted by molar-refractivity contribution is 5.93. The standard InChI is InChI=1S/C20H19N3O4/c24-20(15-10-18(27-22-15)13-4-2-1-3-5-13)23-8-6-17-16(11-23)21-19(26-17)14-7-9-25-12-14/h1-5,10,14H,6-9,11-12H2. The molecule has 1 saturated heterocycles. The van der Waals surface area contributed by atoms with Gasteiger partial charge in [0, 0.05) is 31.2 Å². The van der Waals surface area contributed by atoms with Crippen LogP contribution in [0, 0.1) is 0 Å². The summed E-state index contributed by atoms with van der Waals surface area (Å²) in [4.78, 5) is 19.2. The van der Waals surface area contributed by atoms with Crippen molar-refractivity contribution in [1.29, 1.82) is 0 Å². The Morgan fingerprint density at radius 2 is 2.11 bits per heavy atom. The average Bonchev–Trinajstić information content (AvgIpc) is 3.47. The van der Waals surface area contributed by atoms with Crippen molar-refractivity contribution < 1.29 is 18.5 Å². The van der Waals surface area contributed by atoms with Gasteiger partial charge in [-0.05, 0) is 6.42 Å². The molecule has 7 heteroatoms. The summed E-state index contributed by atoms with van der Waals surface area (Å²) in [5.41, 5.74) is 2.04. The van der Waals surface area contributed by atoms with Gasteiger partial charge in [0.2, 0.25) is 0 Å². The van der Waals surface area contributed by atoms with Crippen LogP contribution in [0.15, 0.2) is 45.3 Å². The number of amides is 1. The van der Waals surface area contributed by atoms with Crippen molar-refractivity contribution in [2.45, 2.75) is 25.3 Å². The Hall–Kier alpha value is -2.93. The Morgan fingerprint density at radius 3 is 2.93 bits per heavy atom. The van der Waals surface area contributed by atoms with Crippen LogP contribution in [0.25, 0.3) is 11.3 Å². The first-order valence-electron chi connectivity index (χ1n) is 9.15. The first-order chi connectivity index (χ1) is 13.3. The number of oxazole rings is 1. The van der Waals surface area contributed by atoms with E-state index in [1.165, 1.54) is 0 Å². The zero-order chi connectivity index (χ0) is 18.2. The van der Waals surface area contributed by atoms with Gasteiger partial charge in [-0.15, -0.1) is 0 Å². The van der Waals surface area contributed by atoms with Crippen LogP contribution < -0.4 is 0 Å². The number of rotatable bonds is 3. The number of hydrogen-bond acceptors (Lipinski definition) is 6. The van der Waals surface area contributed by atoms with Crippen LogP contribution >= 0.6 is 0 Å². The molecule has 1 aromatic carbocycles. The number of carbonyl (C=O) groups is 1. The highest BCUT2D eigenvalue weighted by Gasteiger charge is 2.30. The van der Waals surface area contributed by atoms with Gasteiger partial charge in [0.05, 0.1) is 19.1 Å². The van der Waals surface area contributed by atoms with Gasteiger partial charge in [0.25, 0.3) is 5.91 Å². The third kappa shape index (κ3) is 3.04. The van der Waals surface area contributed by atoms with E-state index in [-0.39, 0.29) is 11.8 Å². The van der Waals surface area contributed by atoms with Crippen molar-refractivity contribution in [3.63, 3.8) is 0 Å². The van der Waals surface area contributed by atoms with E-state index in [0.717, 1.165) is 35.9 Å². The lowest BCUT2D eigenvalue weighted by Crippen LogP contribution is -2.36. The second-order valence-electron chi connectivity index (χ2n) is 6.90. The molecular formula is C20H19N3O4. The first kappa shape index (κ1) is 16.3. The molecule has 0 N–H and O–H groups in total. The molecule has 1 unspecified atom stereocenters. The van der Waals surface area contributed by atoms with E-state index in [2.05, 4.69) is 10.1 Å². The third-order valence-electron chi connectivity index (χ3n) is 5.10. The minimum atomic E-state index is -0.152. The molecule has 2 aliphatic rings. The van der Waals surface area contributed by atoms with Gasteiger partial charge in [-0.2, -0.15) is 0 Å². The molecule has 5 rings (SSSR count). The van der Waals surface area contributed by atoms with Crippen LogP contribution in [0.1, 0.15) is 40.2 Å². The Morgan fingerprint density at radius 1 is 1.22 bits per heavy atom. The molecule has 3 aromatic rings. The molecule has 0 aliphatic carbocycles. The number of carbonyl (C=O) groups excluding carboxylic acids is 1. The van der Waals surface area contributed by atoms with Gasteiger partial charge in [-0.1, -0.05) is 35.5 Å². The van der Waals surface area contributed by atoms with Crippen LogP contribution in [0.3, 0.4) is 0 Å². The summed E-state index contributed by atoms with van der Waals surface area (Å²) in [5.74, 6) is 2.27. The third-order valence-corrected chi connectivity index (χ3v) is 5.10. The predicted octanol–water partition coefficient (Wildman–Crippen LogP) is 3.03. The van der Waals surface area contributed by atoms with Crippen molar-refractivity contribution >= 4 is 5.91 Å². The van der Waals surface area contributed by atoms with E-state index in [1.807, 2.05) is 30.3 Å². The molecule has 1 amide bonds. The molecular weight excluding hydrogens is 346 g/mol. The van der Waals surface area contributed by atoms with Gasteiger partial charge in [0.15, 0.2) is 17.3 Å². The largest absolute Gasteiger partial charge is 0.445 e. The summed E-state index contributed by atoms with van der Waals surface area (Å²) >= 11 is 0. The van der Waals surface area contributed by atoms with Gasteiger partial charge < -0.3 is 18.6 Å². The molecule has 7 nitrogen and oxygen atoms in total. The molecule has 2 aliphatic heterocycles. The fourth-order valence-corrected chi connectivity index (χ4v) is 3.57. The molecule has 1 fully saturated rings. The number of hydrogen-bond donors (Lipinski definition) is 0. The fraction of sp³-hybridized carbons (Fsp3) is 0.350. The molecule has 27 heavy (non-hydrogen) atoms. The van der Waals surface area contributed by atoms with Crippen molar-refractivity contribution in [2.75, 3.05) is 19.8 Å². The highest BCUT2D eigenvalue weighted by atomic mass is 16.5. The Kier molecular flexibility index (Phi) is 4.01. The Labute approximate surface area is 155 Å². The summed E-state index contributed by atoms with van der Waals surface area (Å²) in [6, 6.07) is 11.3. The highest BCUT2D eigenvalue weighted by Crippen LogP contribution is 2.29. The van der Waals surface area contributed by atoms with Crippen molar-refractivity contribution in [3.8, 4) is 11.3 Å². The number of benzene rings is 1. The molecule has 2 aromatic heterocycles. The van der Waals surface area contributed by atoms with Crippen molar-refractivity contribution in [1.82, 2.24) is 15.0 Å². The van der Waals surface area contributed by atoms with Crippen LogP contribution in [0.2, 0.25) is 0 Å². The maximum absolute atomic E-state index is 12.8. The topological polar surface area (TPSA) is 81.6 Å². The van der Waals surface area contributed by atoms with Gasteiger partial charge in [-0.25, -0.2) is 4.98 Å². The van der Waals surface area contributed by atoms with E-state index in [9.17, 15) is 4.79 Å². The van der Waals surface area contributed by atoms with E-state index >= 15 is 0 Å². The summed E-state index contributed by atoms with van der Waals surface area (Å²) in [6.45, 7) is 2.41. The summed E-state index contributed by atoms with van der Waals surface area (Å²) < 4.78 is 16.7. The second-order valence-corrected chi connectivity index (χ2v) is 6.90. The summed E-state index contributed by atoms with van der Waals surface area (Å²) in [5, 5.41) is 3.97. The number of fused-ring (bicyclic) bond motifs is 1. The minimum Gasteiger partial charge on any atom is -0.445 e. The first-order valence-corrected chi connectivity index (χ1v) is 9.15. The Balaban J connectivity index is 1.33. The molecule has 138 valence electrons. The van der Waals surface area contributed by atoms with Gasteiger partial charge in [0.1, 0.15) is 11.5 Å². The van der Waals surface area contributed by atoms with Crippen molar-refractivity contribution in [2.24, 2.45) is 0 Å². The monoisotopic (exact) mass is 365 g/mol. The molecule has 4 heterocycles. The van der Waals surface area contributed by atoms with Crippen LogP contribution in [-0.4, -0.2) is 40.7 Å². The molecule has 0 spiro atoms. The minimum absolute atomic E-state index is 0.152. The van der Waals surface area contributed by atoms with Crippen LogP contribution in [-0.2, 0) is 17.7 Å². The smallest absolute Gasteiger partial charge is 0.276 e. The lowest BCUT2D eigenvalue weighted by molar-refractivity contribution is 0.0717. The van der Waals surface area contributed by atoms with Crippen LogP contribution in [0.5, 0.6) is 0 Å². The lowest BCUT2D eigenvalue weighted by atomic mass is 10.1. The molecule has 1 atom stereocenters. The zero-order valence-electron chi connectivity index (χ0n) is 14.8. The van der Waals surface area contributed by atoms with Gasteiger partial charge >= 0.3 is 0 Å². The normalized spacial score (nSPS) is 19.3. The van der Waals surface area contributed by atoms with Crippen molar-refractivity contribution in [3.05, 3.63) is 59.4 Å². The maximum atomic E-state index is 12.8. The lowest BCUT2D eigenvalue weighted by Gasteiger charge is -2.24. The van der Waals surface area contributed by atoms with E-state index < -0.39 is 0 Å². The van der Waals surface area contributed by atoms with Gasteiger partial charge in [-0.3, -0.25) is 4.79 Å². The molecule has 0 saturated carbocycles. The Bertz CT molecular complexity index is 957. The maximum Gasteiger partial charge on any atom is 0.276 e. The van der Waals surface area contributed by atoms with Crippen LogP contribution in [0.4, 0.5) is 0 Å².